The van der Waals surface area contributed by atoms with Crippen LogP contribution in [-0.2, 0) is 4.74 Å². The highest BCUT2D eigenvalue weighted by molar-refractivity contribution is 6.00. The molecule has 0 aliphatic rings. The Morgan fingerprint density at radius 2 is 1.65 bits per heavy atom. The van der Waals surface area contributed by atoms with Crippen LogP contribution >= 0.6 is 0 Å². The van der Waals surface area contributed by atoms with E-state index in [9.17, 15) is 4.79 Å². The number of ether oxygens (including phenoxy) is 1. The Morgan fingerprint density at radius 1 is 1.12 bits per heavy atom. The van der Waals surface area contributed by atoms with Crippen molar-refractivity contribution in [2.24, 2.45) is 0 Å². The van der Waals surface area contributed by atoms with Crippen molar-refractivity contribution in [3.05, 3.63) is 54.1 Å². The van der Waals surface area contributed by atoms with E-state index in [1.54, 1.807) is 0 Å². The first-order valence-corrected chi connectivity index (χ1v) is 5.40. The van der Waals surface area contributed by atoms with Crippen LogP contribution in [0, 0.1) is 0 Å². The van der Waals surface area contributed by atoms with Gasteiger partial charge in [-0.15, -0.1) is 0 Å². The van der Waals surface area contributed by atoms with Gasteiger partial charge in [0.1, 0.15) is 0 Å². The van der Waals surface area contributed by atoms with Crippen molar-refractivity contribution in [1.82, 2.24) is 0 Å². The Morgan fingerprint density at radius 3 is 2.12 bits per heavy atom. The van der Waals surface area contributed by atoms with Crippen molar-refractivity contribution >= 4 is 22.3 Å². The van der Waals surface area contributed by atoms with E-state index in [2.05, 4.69) is 6.58 Å². The summed E-state index contributed by atoms with van der Waals surface area (Å²) in [5, 5.41) is 2.12. The molecule has 0 spiro atoms. The van der Waals surface area contributed by atoms with Crippen molar-refractivity contribution in [2.75, 3.05) is 7.11 Å². The zero-order valence-electron chi connectivity index (χ0n) is 9.99. The van der Waals surface area contributed by atoms with Crippen LogP contribution in [0.15, 0.2) is 43.0 Å². The first kappa shape index (κ1) is 11.4. The minimum atomic E-state index is -0.325. The highest BCUT2D eigenvalue weighted by atomic mass is 16.5. The Balaban J connectivity index is 2.75. The number of allylic oxidation sites excluding steroid dienone is 1. The number of carbonyl (C=O) groups is 1. The molecular formula is C15H14O2. The van der Waals surface area contributed by atoms with Crippen LogP contribution in [0.4, 0.5) is 0 Å². The molecule has 0 bridgehead atoms. The maximum Gasteiger partial charge on any atom is 0.338 e. The lowest BCUT2D eigenvalue weighted by Crippen LogP contribution is -2.04. The molecule has 0 unspecified atom stereocenters. The van der Waals surface area contributed by atoms with Gasteiger partial charge in [0.2, 0.25) is 0 Å². The molecule has 2 rings (SSSR count). The molecular weight excluding hydrogens is 212 g/mol. The van der Waals surface area contributed by atoms with Gasteiger partial charge < -0.3 is 4.74 Å². The normalized spacial score (nSPS) is 10.2. The van der Waals surface area contributed by atoms with Gasteiger partial charge in [0.25, 0.3) is 0 Å². The zero-order chi connectivity index (χ0) is 12.4. The second-order valence-corrected chi connectivity index (χ2v) is 4.02. The van der Waals surface area contributed by atoms with Gasteiger partial charge in [-0.2, -0.15) is 0 Å². The van der Waals surface area contributed by atoms with Crippen molar-refractivity contribution < 1.29 is 9.53 Å². The predicted molar refractivity (Wildman–Crippen MR) is 70.0 cm³/mol. The lowest BCUT2D eigenvalue weighted by Gasteiger charge is -2.09. The second kappa shape index (κ2) is 4.42. The molecule has 0 radical (unpaired) electrons. The van der Waals surface area contributed by atoms with Crippen LogP contribution in [0.1, 0.15) is 22.8 Å². The molecule has 2 heteroatoms. The lowest BCUT2D eigenvalue weighted by molar-refractivity contribution is 0.0600. The van der Waals surface area contributed by atoms with E-state index >= 15 is 0 Å². The van der Waals surface area contributed by atoms with E-state index in [1.807, 2.05) is 43.3 Å². The standard InChI is InChI=1S/C15H14O2/c1-10(2)13-8-11-6-4-5-7-12(11)9-14(13)15(16)17-3/h4-9H,1H2,2-3H3. The van der Waals surface area contributed by atoms with E-state index in [1.165, 1.54) is 7.11 Å². The zero-order valence-corrected chi connectivity index (χ0v) is 9.99. The fourth-order valence-electron chi connectivity index (χ4n) is 1.87. The molecule has 2 aromatic carbocycles. The van der Waals surface area contributed by atoms with Gasteiger partial charge in [-0.05, 0) is 35.4 Å². The van der Waals surface area contributed by atoms with Gasteiger partial charge in [0.05, 0.1) is 12.7 Å². The van der Waals surface area contributed by atoms with Crippen molar-refractivity contribution in [3.63, 3.8) is 0 Å². The van der Waals surface area contributed by atoms with Crippen molar-refractivity contribution in [1.29, 1.82) is 0 Å². The average molecular weight is 226 g/mol. The second-order valence-electron chi connectivity index (χ2n) is 4.02. The molecule has 0 aliphatic heterocycles. The molecule has 0 atom stereocenters. The molecule has 0 N–H and O–H groups in total. The summed E-state index contributed by atoms with van der Waals surface area (Å²) in [7, 11) is 1.39. The Bertz CT molecular complexity index is 597. The molecule has 86 valence electrons. The third-order valence-corrected chi connectivity index (χ3v) is 2.75. The van der Waals surface area contributed by atoms with E-state index in [0.29, 0.717) is 5.56 Å². The first-order valence-electron chi connectivity index (χ1n) is 5.40. The van der Waals surface area contributed by atoms with Gasteiger partial charge in [-0.1, -0.05) is 36.4 Å². The number of methoxy groups -OCH3 is 1. The number of carbonyl (C=O) groups excluding carboxylic acids is 1. The molecule has 17 heavy (non-hydrogen) atoms. The summed E-state index contributed by atoms with van der Waals surface area (Å²) < 4.78 is 4.80. The SMILES string of the molecule is C=C(C)c1cc2ccccc2cc1C(=O)OC. The molecule has 2 nitrogen and oxygen atoms in total. The lowest BCUT2D eigenvalue weighted by atomic mass is 9.97. The summed E-state index contributed by atoms with van der Waals surface area (Å²) in [6.07, 6.45) is 0. The fourth-order valence-corrected chi connectivity index (χ4v) is 1.87. The van der Waals surface area contributed by atoms with Gasteiger partial charge in [-0.3, -0.25) is 0 Å². The average Bonchev–Trinajstić information content (AvgIpc) is 2.36. The summed E-state index contributed by atoms with van der Waals surface area (Å²) >= 11 is 0. The van der Waals surface area contributed by atoms with Crippen LogP contribution in [0.25, 0.3) is 16.3 Å². The first-order chi connectivity index (χ1) is 8.13. The quantitative estimate of drug-likeness (QED) is 0.730. The fraction of sp³-hybridized carbons (Fsp3) is 0.133. The largest absolute Gasteiger partial charge is 0.465 e. The molecule has 0 fully saturated rings. The maximum atomic E-state index is 11.7. The Kier molecular flexibility index (Phi) is 2.96. The Labute approximate surface area is 101 Å². The monoisotopic (exact) mass is 226 g/mol. The summed E-state index contributed by atoms with van der Waals surface area (Å²) in [6, 6.07) is 11.7. The number of rotatable bonds is 2. The number of benzene rings is 2. The van der Waals surface area contributed by atoms with Gasteiger partial charge >= 0.3 is 5.97 Å². The molecule has 0 saturated carbocycles. The molecule has 0 aliphatic carbocycles. The Hall–Kier alpha value is -2.09. The van der Waals surface area contributed by atoms with E-state index in [4.69, 9.17) is 4.74 Å². The number of hydrogen-bond acceptors (Lipinski definition) is 2. The summed E-state index contributed by atoms with van der Waals surface area (Å²) in [5.74, 6) is -0.325. The highest BCUT2D eigenvalue weighted by Crippen LogP contribution is 2.25. The third-order valence-electron chi connectivity index (χ3n) is 2.75. The van der Waals surface area contributed by atoms with E-state index in [-0.39, 0.29) is 5.97 Å². The maximum absolute atomic E-state index is 11.7. The van der Waals surface area contributed by atoms with Crippen molar-refractivity contribution in [2.45, 2.75) is 6.92 Å². The number of hydrogen-bond donors (Lipinski definition) is 0. The molecule has 2 aromatic rings. The molecule has 0 saturated heterocycles. The third kappa shape index (κ3) is 2.07. The van der Waals surface area contributed by atoms with E-state index in [0.717, 1.165) is 21.9 Å². The van der Waals surface area contributed by atoms with Gasteiger partial charge in [0.15, 0.2) is 0 Å². The highest BCUT2D eigenvalue weighted by Gasteiger charge is 2.13. The molecule has 0 heterocycles. The van der Waals surface area contributed by atoms with Gasteiger partial charge in [0, 0.05) is 0 Å². The van der Waals surface area contributed by atoms with Crippen LogP contribution in [-0.4, -0.2) is 13.1 Å². The summed E-state index contributed by atoms with van der Waals surface area (Å²) in [5.41, 5.74) is 2.27. The summed E-state index contributed by atoms with van der Waals surface area (Å²) in [6.45, 7) is 5.79. The minimum absolute atomic E-state index is 0.325. The van der Waals surface area contributed by atoms with Crippen LogP contribution < -0.4 is 0 Å². The smallest absolute Gasteiger partial charge is 0.338 e. The molecule has 0 aromatic heterocycles. The van der Waals surface area contributed by atoms with Crippen LogP contribution in [0.2, 0.25) is 0 Å². The van der Waals surface area contributed by atoms with Crippen LogP contribution in [0.5, 0.6) is 0 Å². The van der Waals surface area contributed by atoms with Crippen LogP contribution in [0.3, 0.4) is 0 Å². The minimum Gasteiger partial charge on any atom is -0.465 e. The predicted octanol–water partition coefficient (Wildman–Crippen LogP) is 3.66. The summed E-state index contributed by atoms with van der Waals surface area (Å²) in [4.78, 5) is 11.7. The van der Waals surface area contributed by atoms with E-state index < -0.39 is 0 Å². The topological polar surface area (TPSA) is 26.3 Å². The number of esters is 1. The molecule has 0 amide bonds. The van der Waals surface area contributed by atoms with Crippen molar-refractivity contribution in [3.8, 4) is 0 Å². The van der Waals surface area contributed by atoms with Gasteiger partial charge in [-0.25, -0.2) is 4.79 Å². The number of fused-ring (bicyclic) bond motifs is 1.